The second-order valence-corrected chi connectivity index (χ2v) is 2.95. The Balaban J connectivity index is 2.59. The highest BCUT2D eigenvalue weighted by Crippen LogP contribution is 2.22. The second-order valence-electron chi connectivity index (χ2n) is 2.95. The lowest BCUT2D eigenvalue weighted by atomic mass is 10.1. The summed E-state index contributed by atoms with van der Waals surface area (Å²) in [6, 6.07) is 4.63. The highest BCUT2D eigenvalue weighted by atomic mass is 19.1. The minimum atomic E-state index is -0.540. The topological polar surface area (TPSA) is 42.9 Å². The number of benzene rings is 1. The van der Waals surface area contributed by atoms with Gasteiger partial charge >= 0.3 is 0 Å². The molecule has 0 fully saturated rings. The van der Waals surface area contributed by atoms with E-state index in [2.05, 4.69) is 9.97 Å². The van der Waals surface area contributed by atoms with E-state index in [9.17, 15) is 9.18 Å². The van der Waals surface area contributed by atoms with Crippen molar-refractivity contribution in [1.82, 2.24) is 9.97 Å². The van der Waals surface area contributed by atoms with Crippen LogP contribution in [0.2, 0.25) is 0 Å². The average molecular weight is 202 g/mol. The monoisotopic (exact) mass is 202 g/mol. The molecule has 1 aromatic carbocycles. The van der Waals surface area contributed by atoms with Gasteiger partial charge in [0.25, 0.3) is 0 Å². The first-order valence-electron chi connectivity index (χ1n) is 4.32. The third kappa shape index (κ3) is 1.74. The third-order valence-corrected chi connectivity index (χ3v) is 2.03. The van der Waals surface area contributed by atoms with Gasteiger partial charge in [-0.2, -0.15) is 0 Å². The zero-order valence-corrected chi connectivity index (χ0v) is 7.72. The third-order valence-electron chi connectivity index (χ3n) is 2.03. The van der Waals surface area contributed by atoms with Crippen LogP contribution in [0.25, 0.3) is 11.1 Å². The van der Waals surface area contributed by atoms with Crippen LogP contribution >= 0.6 is 0 Å². The molecule has 0 aliphatic rings. The number of rotatable bonds is 2. The molecule has 74 valence electrons. The molecule has 1 aromatic heterocycles. The molecule has 2 aromatic rings. The molecule has 15 heavy (non-hydrogen) atoms. The van der Waals surface area contributed by atoms with Gasteiger partial charge in [-0.05, 0) is 6.07 Å². The number of carbonyl (C=O) groups is 1. The largest absolute Gasteiger partial charge is 0.298 e. The van der Waals surface area contributed by atoms with Crippen molar-refractivity contribution in [3.05, 3.63) is 48.3 Å². The summed E-state index contributed by atoms with van der Waals surface area (Å²) in [6.07, 6.45) is 4.85. The molecule has 0 spiro atoms. The number of hydrogen-bond donors (Lipinski definition) is 0. The van der Waals surface area contributed by atoms with Gasteiger partial charge in [0.2, 0.25) is 0 Å². The van der Waals surface area contributed by atoms with Gasteiger partial charge in [0.1, 0.15) is 12.1 Å². The van der Waals surface area contributed by atoms with Crippen LogP contribution in [0.3, 0.4) is 0 Å². The maximum atomic E-state index is 13.7. The minimum absolute atomic E-state index is 0.0383. The number of aldehydes is 1. The molecule has 0 N–H and O–H groups in total. The fourth-order valence-corrected chi connectivity index (χ4v) is 1.30. The van der Waals surface area contributed by atoms with Crippen molar-refractivity contribution in [1.29, 1.82) is 0 Å². The predicted octanol–water partition coefficient (Wildman–Crippen LogP) is 2.10. The van der Waals surface area contributed by atoms with E-state index < -0.39 is 5.82 Å². The van der Waals surface area contributed by atoms with Gasteiger partial charge in [-0.15, -0.1) is 0 Å². The van der Waals surface area contributed by atoms with Crippen LogP contribution in [-0.4, -0.2) is 16.3 Å². The summed E-state index contributed by atoms with van der Waals surface area (Å²) in [7, 11) is 0. The van der Waals surface area contributed by atoms with E-state index >= 15 is 0 Å². The lowest BCUT2D eigenvalue weighted by molar-refractivity contribution is 0.112. The van der Waals surface area contributed by atoms with Crippen LogP contribution in [-0.2, 0) is 0 Å². The molecule has 0 atom stereocenters. The fraction of sp³-hybridized carbons (Fsp3) is 0. The zero-order valence-electron chi connectivity index (χ0n) is 7.72. The Kier molecular flexibility index (Phi) is 2.49. The molecule has 0 radical (unpaired) electrons. The quantitative estimate of drug-likeness (QED) is 0.700. The molecular formula is C11H7FN2O. The Morgan fingerprint density at radius 3 is 2.60 bits per heavy atom. The van der Waals surface area contributed by atoms with Crippen LogP contribution in [0.5, 0.6) is 0 Å². The SMILES string of the molecule is O=Cc1cccc(-c2cncnc2)c1F. The number of carbonyl (C=O) groups excluding carboxylic acids is 1. The van der Waals surface area contributed by atoms with Crippen molar-refractivity contribution in [2.24, 2.45) is 0 Å². The normalized spacial score (nSPS) is 9.93. The van der Waals surface area contributed by atoms with Crippen molar-refractivity contribution < 1.29 is 9.18 Å². The van der Waals surface area contributed by atoms with Gasteiger partial charge in [0.15, 0.2) is 6.29 Å². The highest BCUT2D eigenvalue weighted by Gasteiger charge is 2.08. The maximum Gasteiger partial charge on any atom is 0.153 e. The Morgan fingerprint density at radius 1 is 1.20 bits per heavy atom. The van der Waals surface area contributed by atoms with Crippen LogP contribution in [0.4, 0.5) is 4.39 Å². The number of aromatic nitrogens is 2. The average Bonchev–Trinajstić information content (AvgIpc) is 2.30. The molecule has 0 unspecified atom stereocenters. The molecule has 3 nitrogen and oxygen atoms in total. The Bertz CT molecular complexity index is 485. The molecule has 0 aliphatic heterocycles. The molecular weight excluding hydrogens is 195 g/mol. The van der Waals surface area contributed by atoms with Gasteiger partial charge in [-0.25, -0.2) is 14.4 Å². The highest BCUT2D eigenvalue weighted by molar-refractivity contribution is 5.79. The summed E-state index contributed by atoms with van der Waals surface area (Å²) in [4.78, 5) is 18.1. The van der Waals surface area contributed by atoms with Crippen LogP contribution < -0.4 is 0 Å². The molecule has 0 amide bonds. The lowest BCUT2D eigenvalue weighted by Crippen LogP contribution is -1.92. The van der Waals surface area contributed by atoms with Gasteiger partial charge in [-0.3, -0.25) is 4.79 Å². The standard InChI is InChI=1S/C11H7FN2O/c12-11-8(6-15)2-1-3-10(11)9-4-13-7-14-5-9/h1-7H. The maximum absolute atomic E-state index is 13.7. The molecule has 0 saturated heterocycles. The zero-order chi connectivity index (χ0) is 10.7. The van der Waals surface area contributed by atoms with E-state index in [0.29, 0.717) is 17.4 Å². The molecule has 0 saturated carbocycles. The summed E-state index contributed by atoms with van der Waals surface area (Å²) >= 11 is 0. The van der Waals surface area contributed by atoms with E-state index in [1.54, 1.807) is 12.1 Å². The smallest absolute Gasteiger partial charge is 0.153 e. The van der Waals surface area contributed by atoms with E-state index in [-0.39, 0.29) is 5.56 Å². The summed E-state index contributed by atoms with van der Waals surface area (Å²) in [5, 5.41) is 0. The van der Waals surface area contributed by atoms with E-state index in [0.717, 1.165) is 0 Å². The van der Waals surface area contributed by atoms with Gasteiger partial charge in [-0.1, -0.05) is 12.1 Å². The van der Waals surface area contributed by atoms with Gasteiger partial charge in [0.05, 0.1) is 5.56 Å². The van der Waals surface area contributed by atoms with Crippen molar-refractivity contribution in [2.75, 3.05) is 0 Å². The summed E-state index contributed by atoms with van der Waals surface area (Å²) in [6.45, 7) is 0. The van der Waals surface area contributed by atoms with Crippen molar-refractivity contribution in [3.8, 4) is 11.1 Å². The summed E-state index contributed by atoms with van der Waals surface area (Å²) in [5.74, 6) is -0.540. The summed E-state index contributed by atoms with van der Waals surface area (Å²) < 4.78 is 13.7. The van der Waals surface area contributed by atoms with Crippen molar-refractivity contribution in [2.45, 2.75) is 0 Å². The second kappa shape index (κ2) is 3.96. The van der Waals surface area contributed by atoms with Crippen LogP contribution in [0, 0.1) is 5.82 Å². The van der Waals surface area contributed by atoms with E-state index in [1.165, 1.54) is 24.8 Å². The molecule has 0 aliphatic carbocycles. The molecule has 1 heterocycles. The Hall–Kier alpha value is -2.10. The Labute approximate surface area is 85.6 Å². The summed E-state index contributed by atoms with van der Waals surface area (Å²) in [5.41, 5.74) is 0.926. The fourth-order valence-electron chi connectivity index (χ4n) is 1.30. The minimum Gasteiger partial charge on any atom is -0.298 e. The van der Waals surface area contributed by atoms with Crippen LogP contribution in [0.15, 0.2) is 36.9 Å². The molecule has 2 rings (SSSR count). The number of halogens is 1. The number of hydrogen-bond acceptors (Lipinski definition) is 3. The predicted molar refractivity (Wildman–Crippen MR) is 52.8 cm³/mol. The van der Waals surface area contributed by atoms with Crippen LogP contribution in [0.1, 0.15) is 10.4 Å². The lowest BCUT2D eigenvalue weighted by Gasteiger charge is -2.03. The molecule has 0 bridgehead atoms. The first-order valence-corrected chi connectivity index (χ1v) is 4.32. The number of nitrogens with zero attached hydrogens (tertiary/aromatic N) is 2. The first kappa shape index (κ1) is 9.45. The molecule has 4 heteroatoms. The van der Waals surface area contributed by atoms with Crippen molar-refractivity contribution in [3.63, 3.8) is 0 Å². The van der Waals surface area contributed by atoms with E-state index in [4.69, 9.17) is 0 Å². The van der Waals surface area contributed by atoms with Crippen molar-refractivity contribution >= 4 is 6.29 Å². The van der Waals surface area contributed by atoms with E-state index in [1.807, 2.05) is 0 Å². The van der Waals surface area contributed by atoms with Gasteiger partial charge in [0, 0.05) is 23.5 Å². The Morgan fingerprint density at radius 2 is 1.93 bits per heavy atom. The first-order chi connectivity index (χ1) is 7.33. The van der Waals surface area contributed by atoms with Gasteiger partial charge < -0.3 is 0 Å².